The fourth-order valence-corrected chi connectivity index (χ4v) is 6.29. The lowest BCUT2D eigenvalue weighted by molar-refractivity contribution is -0.139. The number of nitrogens with zero attached hydrogens (tertiary/aromatic N) is 1. The van der Waals surface area contributed by atoms with Gasteiger partial charge in [-0.25, -0.2) is 18.2 Å². The van der Waals surface area contributed by atoms with Crippen LogP contribution in [0.2, 0.25) is 5.02 Å². The monoisotopic (exact) mass is 719 g/mol. The summed E-state index contributed by atoms with van der Waals surface area (Å²) in [5, 5.41) is 12.7. The number of aliphatic carboxylic acids is 1. The van der Waals surface area contributed by atoms with Crippen LogP contribution in [0.5, 0.6) is 23.1 Å². The Morgan fingerprint density at radius 1 is 0.765 bits per heavy atom. The van der Waals surface area contributed by atoms with Gasteiger partial charge in [-0.15, -0.1) is 0 Å². The number of halogens is 1. The third-order valence-electron chi connectivity index (χ3n) is 7.62. The van der Waals surface area contributed by atoms with Crippen LogP contribution >= 0.6 is 11.6 Å². The molecule has 3 N–H and O–H groups in total. The van der Waals surface area contributed by atoms with E-state index < -0.39 is 27.9 Å². The van der Waals surface area contributed by atoms with E-state index in [0.29, 0.717) is 22.8 Å². The molecule has 0 radical (unpaired) electrons. The Hall–Kier alpha value is -6.17. The van der Waals surface area contributed by atoms with Crippen molar-refractivity contribution in [3.63, 3.8) is 0 Å². The summed E-state index contributed by atoms with van der Waals surface area (Å²) in [7, 11) is -4.23. The van der Waals surface area contributed by atoms with Crippen molar-refractivity contribution in [1.29, 1.82) is 0 Å². The molecule has 1 atom stereocenters. The van der Waals surface area contributed by atoms with Gasteiger partial charge in [0.2, 0.25) is 5.88 Å². The van der Waals surface area contributed by atoms with Crippen LogP contribution in [0.3, 0.4) is 0 Å². The number of para-hydroxylation sites is 3. The van der Waals surface area contributed by atoms with Crippen LogP contribution in [0.1, 0.15) is 15.9 Å². The normalized spacial score (nSPS) is 11.6. The molecule has 0 spiro atoms. The minimum Gasteiger partial charge on any atom is -0.480 e. The molecule has 0 fully saturated rings. The average molecular weight is 720 g/mol. The first-order chi connectivity index (χ1) is 24.6. The van der Waals surface area contributed by atoms with E-state index in [2.05, 4.69) is 15.0 Å². The Balaban J connectivity index is 1.15. The maximum absolute atomic E-state index is 13.5. The van der Waals surface area contributed by atoms with E-state index in [0.717, 1.165) is 17.3 Å². The van der Waals surface area contributed by atoms with Gasteiger partial charge in [0, 0.05) is 23.1 Å². The SMILES string of the molecule is O=C(NC(Cc1ccc(-c2ccccc2Oc2ccccc2)cc1)C(=O)O)c1cc(Cl)ccc1NS(=O)(=O)c1ccc(Oc2ccccc2)nc1. The maximum Gasteiger partial charge on any atom is 0.326 e. The topological polar surface area (TPSA) is 144 Å². The Kier molecular flexibility index (Phi) is 10.6. The first kappa shape index (κ1) is 34.7. The molecule has 6 rings (SSSR count). The molecule has 51 heavy (non-hydrogen) atoms. The molecular weight excluding hydrogens is 690 g/mol. The number of ether oxygens (including phenoxy) is 2. The van der Waals surface area contributed by atoms with Crippen LogP contribution in [0.4, 0.5) is 5.69 Å². The van der Waals surface area contributed by atoms with E-state index in [1.165, 1.54) is 30.3 Å². The minimum atomic E-state index is -4.23. The second-order valence-electron chi connectivity index (χ2n) is 11.2. The number of sulfonamides is 1. The standard InChI is InChI=1S/C39H30ClN3O7S/c40-28-19-21-34(43-51(47,48)31-20-22-37(41-25-31)50-30-11-5-2-6-12-30)33(24-28)38(44)42-35(39(45)46)23-26-15-17-27(18-16-26)32-13-7-8-14-36(32)49-29-9-3-1-4-10-29/h1-22,24-25,35,43H,23H2,(H,42,44)(H,45,46). The Morgan fingerprint density at radius 3 is 2.06 bits per heavy atom. The zero-order valence-corrected chi connectivity index (χ0v) is 28.3. The van der Waals surface area contributed by atoms with Gasteiger partial charge in [-0.3, -0.25) is 9.52 Å². The van der Waals surface area contributed by atoms with Crippen LogP contribution in [0, 0.1) is 0 Å². The van der Waals surface area contributed by atoms with Crippen molar-refractivity contribution in [1.82, 2.24) is 10.3 Å². The molecule has 12 heteroatoms. The van der Waals surface area contributed by atoms with E-state index >= 15 is 0 Å². The van der Waals surface area contributed by atoms with Gasteiger partial charge >= 0.3 is 5.97 Å². The summed E-state index contributed by atoms with van der Waals surface area (Å²) >= 11 is 6.18. The summed E-state index contributed by atoms with van der Waals surface area (Å²) in [6.45, 7) is 0. The quantitative estimate of drug-likeness (QED) is 0.108. The molecule has 1 amide bonds. The molecule has 10 nitrogen and oxygen atoms in total. The molecule has 6 aromatic rings. The highest BCUT2D eigenvalue weighted by Gasteiger charge is 2.25. The predicted molar refractivity (Wildman–Crippen MR) is 194 cm³/mol. The number of carboxylic acid groups (broad SMARTS) is 1. The van der Waals surface area contributed by atoms with E-state index in [4.69, 9.17) is 21.1 Å². The van der Waals surface area contributed by atoms with Gasteiger partial charge in [0.25, 0.3) is 15.9 Å². The first-order valence-electron chi connectivity index (χ1n) is 15.6. The number of rotatable bonds is 13. The highest BCUT2D eigenvalue weighted by molar-refractivity contribution is 7.92. The Bertz CT molecular complexity index is 2250. The van der Waals surface area contributed by atoms with Gasteiger partial charge in [0.05, 0.1) is 17.4 Å². The molecule has 1 heterocycles. The van der Waals surface area contributed by atoms with E-state index in [1.807, 2.05) is 72.8 Å². The fourth-order valence-electron chi connectivity index (χ4n) is 5.09. The van der Waals surface area contributed by atoms with Crippen molar-refractivity contribution in [3.8, 4) is 34.3 Å². The van der Waals surface area contributed by atoms with Gasteiger partial charge in [0.15, 0.2) is 0 Å². The number of amides is 1. The zero-order chi connectivity index (χ0) is 35.8. The molecule has 1 aromatic heterocycles. The highest BCUT2D eigenvalue weighted by Crippen LogP contribution is 2.33. The second-order valence-corrected chi connectivity index (χ2v) is 13.3. The molecular formula is C39H30ClN3O7S. The lowest BCUT2D eigenvalue weighted by Crippen LogP contribution is -2.42. The fraction of sp³-hybridized carbons (Fsp3) is 0.0513. The van der Waals surface area contributed by atoms with Crippen molar-refractivity contribution in [2.45, 2.75) is 17.4 Å². The molecule has 1 unspecified atom stereocenters. The van der Waals surface area contributed by atoms with Crippen LogP contribution in [0.25, 0.3) is 11.1 Å². The molecule has 0 aliphatic rings. The van der Waals surface area contributed by atoms with E-state index in [-0.39, 0.29) is 33.5 Å². The van der Waals surface area contributed by atoms with Crippen molar-refractivity contribution >= 4 is 39.2 Å². The molecule has 5 aromatic carbocycles. The maximum atomic E-state index is 13.5. The molecule has 0 bridgehead atoms. The van der Waals surface area contributed by atoms with Crippen molar-refractivity contribution < 1.29 is 32.6 Å². The number of carboxylic acids is 1. The van der Waals surface area contributed by atoms with Crippen LogP contribution < -0.4 is 19.5 Å². The number of nitrogens with one attached hydrogen (secondary N) is 2. The third kappa shape index (κ3) is 8.90. The molecule has 0 saturated carbocycles. The number of hydrogen-bond donors (Lipinski definition) is 3. The van der Waals surface area contributed by atoms with Gasteiger partial charge in [-0.1, -0.05) is 90.5 Å². The summed E-state index contributed by atoms with van der Waals surface area (Å²) in [5.74, 6) is -0.0494. The van der Waals surface area contributed by atoms with E-state index in [9.17, 15) is 23.1 Å². The molecule has 0 aliphatic heterocycles. The summed E-state index contributed by atoms with van der Waals surface area (Å²) in [5.41, 5.74) is 2.07. The predicted octanol–water partition coefficient (Wildman–Crippen LogP) is 8.21. The van der Waals surface area contributed by atoms with Crippen molar-refractivity contribution in [2.75, 3.05) is 4.72 Å². The molecule has 0 saturated heterocycles. The summed E-state index contributed by atoms with van der Waals surface area (Å²) in [6, 6.07) is 38.5. The Labute approximate surface area is 299 Å². The number of benzene rings is 5. The number of aromatic nitrogens is 1. The number of hydrogen-bond acceptors (Lipinski definition) is 7. The largest absolute Gasteiger partial charge is 0.480 e. The van der Waals surface area contributed by atoms with Crippen LogP contribution in [-0.2, 0) is 21.2 Å². The smallest absolute Gasteiger partial charge is 0.326 e. The lowest BCUT2D eigenvalue weighted by atomic mass is 9.99. The van der Waals surface area contributed by atoms with E-state index in [1.54, 1.807) is 36.4 Å². The highest BCUT2D eigenvalue weighted by atomic mass is 35.5. The van der Waals surface area contributed by atoms with Crippen molar-refractivity contribution in [2.24, 2.45) is 0 Å². The van der Waals surface area contributed by atoms with Crippen LogP contribution in [0.15, 0.2) is 151 Å². The van der Waals surface area contributed by atoms with Gasteiger partial charge in [-0.05, 0) is 65.7 Å². The summed E-state index contributed by atoms with van der Waals surface area (Å²) < 4.78 is 40.7. The first-order valence-corrected chi connectivity index (χ1v) is 17.5. The van der Waals surface area contributed by atoms with Gasteiger partial charge in [-0.2, -0.15) is 0 Å². The number of pyridine rings is 1. The Morgan fingerprint density at radius 2 is 1.41 bits per heavy atom. The lowest BCUT2D eigenvalue weighted by Gasteiger charge is -2.18. The number of anilines is 1. The number of carbonyl (C=O) groups excluding carboxylic acids is 1. The molecule has 256 valence electrons. The van der Waals surface area contributed by atoms with Gasteiger partial charge in [0.1, 0.15) is 28.2 Å². The summed E-state index contributed by atoms with van der Waals surface area (Å²) in [6.07, 6.45) is 1.07. The third-order valence-corrected chi connectivity index (χ3v) is 9.21. The van der Waals surface area contributed by atoms with Crippen molar-refractivity contribution in [3.05, 3.63) is 162 Å². The zero-order valence-electron chi connectivity index (χ0n) is 26.8. The molecule has 0 aliphatic carbocycles. The number of carbonyl (C=O) groups is 2. The summed E-state index contributed by atoms with van der Waals surface area (Å²) in [4.78, 5) is 29.7. The van der Waals surface area contributed by atoms with Crippen LogP contribution in [-0.4, -0.2) is 36.4 Å². The second kappa shape index (κ2) is 15.6. The minimum absolute atomic E-state index is 0.0474. The van der Waals surface area contributed by atoms with Gasteiger partial charge < -0.3 is 19.9 Å². The average Bonchev–Trinajstić information content (AvgIpc) is 3.13.